The van der Waals surface area contributed by atoms with Crippen molar-refractivity contribution in [3.8, 4) is 0 Å². The minimum Gasteiger partial charge on any atom is -0.322 e. The third kappa shape index (κ3) is 5.28. The molecule has 0 spiro atoms. The van der Waals surface area contributed by atoms with E-state index < -0.39 is 26.0 Å². The Labute approximate surface area is 146 Å². The summed E-state index contributed by atoms with van der Waals surface area (Å²) in [5.74, 6) is -0.527. The maximum absolute atomic E-state index is 12.3. The lowest BCUT2D eigenvalue weighted by Gasteiger charge is -2.10. The van der Waals surface area contributed by atoms with Crippen LogP contribution in [0.5, 0.6) is 0 Å². The minimum atomic E-state index is -3.91. The van der Waals surface area contributed by atoms with Gasteiger partial charge in [0, 0.05) is 16.9 Å². The molecule has 4 N–H and O–H groups in total. The van der Waals surface area contributed by atoms with Crippen molar-refractivity contribution < 1.29 is 21.6 Å². The highest BCUT2D eigenvalue weighted by Crippen LogP contribution is 2.20. The van der Waals surface area contributed by atoms with E-state index >= 15 is 0 Å². The Kier molecular flexibility index (Phi) is 5.16. The maximum atomic E-state index is 12.3. The molecule has 2 aromatic carbocycles. The Hall–Kier alpha value is -2.43. The monoisotopic (exact) mass is 383 g/mol. The highest BCUT2D eigenvalue weighted by molar-refractivity contribution is 7.92. The number of nitrogens with two attached hydrogens (primary N) is 1. The Bertz CT molecular complexity index is 1030. The molecule has 25 heavy (non-hydrogen) atoms. The van der Waals surface area contributed by atoms with Crippen LogP contribution in [0, 0.1) is 6.92 Å². The van der Waals surface area contributed by atoms with Crippen LogP contribution in [0.25, 0.3) is 0 Å². The third-order valence-electron chi connectivity index (χ3n) is 3.18. The summed E-state index contributed by atoms with van der Waals surface area (Å²) in [5.41, 5.74) is 1.15. The van der Waals surface area contributed by atoms with E-state index in [1.54, 1.807) is 13.0 Å². The summed E-state index contributed by atoms with van der Waals surface area (Å²) in [6.45, 7) is 1.59. The summed E-state index contributed by atoms with van der Waals surface area (Å²) in [6, 6.07) is 10.2. The standard InChI is InChI=1S/C15H17N3O5S2/c1-10-6-7-12(9-14(10)25(16,22)23)17-15(19)11-4-3-5-13(8-11)18-24(2,20)21/h3-9,18H,1-2H3,(H,17,19)(H2,16,22,23). The number of rotatable bonds is 5. The van der Waals surface area contributed by atoms with Gasteiger partial charge in [0.15, 0.2) is 0 Å². The van der Waals surface area contributed by atoms with Crippen LogP contribution < -0.4 is 15.2 Å². The van der Waals surface area contributed by atoms with Gasteiger partial charge in [0.05, 0.1) is 11.2 Å². The van der Waals surface area contributed by atoms with E-state index in [0.717, 1.165) is 6.26 Å². The molecule has 0 saturated carbocycles. The lowest BCUT2D eigenvalue weighted by atomic mass is 10.1. The van der Waals surface area contributed by atoms with Crippen molar-refractivity contribution in [1.82, 2.24) is 0 Å². The molecule has 0 aliphatic rings. The minimum absolute atomic E-state index is 0.0854. The normalized spacial score (nSPS) is 11.8. The molecule has 10 heteroatoms. The fourth-order valence-corrected chi connectivity index (χ4v) is 3.49. The molecular formula is C15H17N3O5S2. The molecule has 0 saturated heterocycles. The van der Waals surface area contributed by atoms with Gasteiger partial charge in [0.25, 0.3) is 5.91 Å². The molecule has 8 nitrogen and oxygen atoms in total. The third-order valence-corrected chi connectivity index (χ3v) is 4.84. The molecule has 2 rings (SSSR count). The number of nitrogens with one attached hydrogen (secondary N) is 2. The van der Waals surface area contributed by atoms with Gasteiger partial charge in [-0.15, -0.1) is 0 Å². The zero-order chi connectivity index (χ0) is 18.8. The quantitative estimate of drug-likeness (QED) is 0.714. The van der Waals surface area contributed by atoms with Crippen molar-refractivity contribution in [2.24, 2.45) is 5.14 Å². The fraction of sp³-hybridized carbons (Fsp3) is 0.133. The summed E-state index contributed by atoms with van der Waals surface area (Å²) in [4.78, 5) is 12.2. The maximum Gasteiger partial charge on any atom is 0.255 e. The summed E-state index contributed by atoms with van der Waals surface area (Å²) < 4.78 is 47.9. The molecule has 0 radical (unpaired) electrons. The van der Waals surface area contributed by atoms with Gasteiger partial charge in [-0.2, -0.15) is 0 Å². The molecular weight excluding hydrogens is 366 g/mol. The molecule has 0 aliphatic carbocycles. The van der Waals surface area contributed by atoms with Gasteiger partial charge in [-0.25, -0.2) is 22.0 Å². The van der Waals surface area contributed by atoms with Crippen LogP contribution in [0.1, 0.15) is 15.9 Å². The number of carbonyl (C=O) groups excluding carboxylic acids is 1. The summed E-state index contributed by atoms with van der Waals surface area (Å²) in [6.07, 6.45) is 1.00. The number of sulfonamides is 2. The second-order valence-electron chi connectivity index (χ2n) is 5.43. The van der Waals surface area contributed by atoms with Crippen molar-refractivity contribution in [2.75, 3.05) is 16.3 Å². The molecule has 0 unspecified atom stereocenters. The molecule has 0 aliphatic heterocycles. The van der Waals surface area contributed by atoms with Crippen LogP contribution in [-0.2, 0) is 20.0 Å². The van der Waals surface area contributed by atoms with Gasteiger partial charge in [-0.3, -0.25) is 9.52 Å². The van der Waals surface area contributed by atoms with Crippen LogP contribution in [0.4, 0.5) is 11.4 Å². The van der Waals surface area contributed by atoms with Crippen molar-refractivity contribution in [1.29, 1.82) is 0 Å². The highest BCUT2D eigenvalue weighted by atomic mass is 32.2. The lowest BCUT2D eigenvalue weighted by Crippen LogP contribution is -2.16. The van der Waals surface area contributed by atoms with E-state index in [-0.39, 0.29) is 21.8 Å². The molecule has 0 fully saturated rings. The summed E-state index contributed by atoms with van der Waals surface area (Å²) in [7, 11) is -7.38. The largest absolute Gasteiger partial charge is 0.322 e. The van der Waals surface area contributed by atoms with E-state index in [2.05, 4.69) is 10.0 Å². The molecule has 2 aromatic rings. The molecule has 134 valence electrons. The van der Waals surface area contributed by atoms with E-state index in [1.807, 2.05) is 0 Å². The molecule has 0 heterocycles. The average molecular weight is 383 g/mol. The van der Waals surface area contributed by atoms with Crippen LogP contribution in [0.3, 0.4) is 0 Å². The average Bonchev–Trinajstić information content (AvgIpc) is 2.46. The number of primary sulfonamides is 1. The Morgan fingerprint density at radius 2 is 1.68 bits per heavy atom. The number of hydrogen-bond acceptors (Lipinski definition) is 5. The van der Waals surface area contributed by atoms with Crippen molar-refractivity contribution in [3.63, 3.8) is 0 Å². The topological polar surface area (TPSA) is 135 Å². The predicted octanol–water partition coefficient (Wildman–Crippen LogP) is 1.27. The number of benzene rings is 2. The van der Waals surface area contributed by atoms with Crippen LogP contribution >= 0.6 is 0 Å². The summed E-state index contributed by atoms with van der Waals surface area (Å²) >= 11 is 0. The fourth-order valence-electron chi connectivity index (χ4n) is 2.13. The van der Waals surface area contributed by atoms with Crippen LogP contribution in [0.15, 0.2) is 47.4 Å². The van der Waals surface area contributed by atoms with E-state index in [9.17, 15) is 21.6 Å². The van der Waals surface area contributed by atoms with Gasteiger partial charge in [0.1, 0.15) is 0 Å². The SMILES string of the molecule is Cc1ccc(NC(=O)c2cccc(NS(C)(=O)=O)c2)cc1S(N)(=O)=O. The number of carbonyl (C=O) groups is 1. The van der Waals surface area contributed by atoms with Gasteiger partial charge in [-0.1, -0.05) is 12.1 Å². The van der Waals surface area contributed by atoms with Crippen molar-refractivity contribution in [3.05, 3.63) is 53.6 Å². The Morgan fingerprint density at radius 3 is 2.28 bits per heavy atom. The second-order valence-corrected chi connectivity index (χ2v) is 8.71. The number of aryl methyl sites for hydroxylation is 1. The van der Waals surface area contributed by atoms with Gasteiger partial charge >= 0.3 is 0 Å². The predicted molar refractivity (Wildman–Crippen MR) is 95.4 cm³/mol. The first-order valence-corrected chi connectivity index (χ1v) is 10.4. The Balaban J connectivity index is 2.27. The first-order valence-electron chi connectivity index (χ1n) is 6.98. The zero-order valence-electron chi connectivity index (χ0n) is 13.5. The lowest BCUT2D eigenvalue weighted by molar-refractivity contribution is 0.102. The molecule has 0 aromatic heterocycles. The van der Waals surface area contributed by atoms with Gasteiger partial charge < -0.3 is 5.32 Å². The van der Waals surface area contributed by atoms with Crippen molar-refractivity contribution >= 4 is 37.3 Å². The zero-order valence-corrected chi connectivity index (χ0v) is 15.1. The molecule has 0 atom stereocenters. The van der Waals surface area contributed by atoms with Gasteiger partial charge in [0.2, 0.25) is 20.0 Å². The van der Waals surface area contributed by atoms with E-state index in [0.29, 0.717) is 5.56 Å². The van der Waals surface area contributed by atoms with E-state index in [1.165, 1.54) is 36.4 Å². The first kappa shape index (κ1) is 18.9. The van der Waals surface area contributed by atoms with E-state index in [4.69, 9.17) is 5.14 Å². The number of hydrogen-bond donors (Lipinski definition) is 3. The molecule has 0 bridgehead atoms. The summed E-state index contributed by atoms with van der Waals surface area (Å²) in [5, 5.41) is 7.69. The second kappa shape index (κ2) is 6.82. The number of amides is 1. The smallest absolute Gasteiger partial charge is 0.255 e. The van der Waals surface area contributed by atoms with Crippen LogP contribution in [0.2, 0.25) is 0 Å². The molecule has 1 amide bonds. The van der Waals surface area contributed by atoms with Gasteiger partial charge in [-0.05, 0) is 42.8 Å². The van der Waals surface area contributed by atoms with Crippen LogP contribution in [-0.4, -0.2) is 29.0 Å². The number of anilines is 2. The van der Waals surface area contributed by atoms with Crippen molar-refractivity contribution in [2.45, 2.75) is 11.8 Å². The first-order chi connectivity index (χ1) is 11.5. The Morgan fingerprint density at radius 1 is 1.00 bits per heavy atom. The highest BCUT2D eigenvalue weighted by Gasteiger charge is 2.14.